The van der Waals surface area contributed by atoms with E-state index in [-0.39, 0.29) is 18.1 Å². The maximum absolute atomic E-state index is 16.7. The second kappa shape index (κ2) is 10.6. The number of rotatable bonds is 8. The van der Waals surface area contributed by atoms with Gasteiger partial charge in [0.1, 0.15) is 24.9 Å². The van der Waals surface area contributed by atoms with Gasteiger partial charge in [-0.05, 0) is 43.7 Å². The van der Waals surface area contributed by atoms with Crippen LogP contribution in [0.4, 0.5) is 14.6 Å². The zero-order valence-corrected chi connectivity index (χ0v) is 22.0. The number of nitrogens with zero attached hydrogens (tertiary/aromatic N) is 4. The number of carbonyl (C=O) groups excluding carboxylic acids is 2. The van der Waals surface area contributed by atoms with Gasteiger partial charge in [-0.2, -0.15) is 0 Å². The third-order valence-electron chi connectivity index (χ3n) is 7.06. The highest BCUT2D eigenvalue weighted by Gasteiger charge is 2.66. The van der Waals surface area contributed by atoms with Crippen molar-refractivity contribution in [2.24, 2.45) is 0 Å². The van der Waals surface area contributed by atoms with Crippen LogP contribution < -0.4 is 5.32 Å². The van der Waals surface area contributed by atoms with Gasteiger partial charge >= 0.3 is 11.9 Å². The maximum Gasteiger partial charge on any atom is 0.338 e. The summed E-state index contributed by atoms with van der Waals surface area (Å²) in [4.78, 5) is 37.5. The molecule has 1 saturated heterocycles. The molecule has 12 heteroatoms. The number of hydrogen-bond donors (Lipinski definition) is 1. The van der Waals surface area contributed by atoms with E-state index in [1.54, 1.807) is 42.5 Å². The van der Waals surface area contributed by atoms with Gasteiger partial charge in [-0.25, -0.2) is 28.5 Å². The van der Waals surface area contributed by atoms with Crippen molar-refractivity contribution in [2.45, 2.75) is 50.9 Å². The number of halogens is 2. The van der Waals surface area contributed by atoms with Gasteiger partial charge in [0.2, 0.25) is 0 Å². The molecule has 0 bridgehead atoms. The first-order valence-electron chi connectivity index (χ1n) is 12.5. The number of nitrogens with one attached hydrogen (secondary N) is 1. The molecule has 40 heavy (non-hydrogen) atoms. The van der Waals surface area contributed by atoms with Gasteiger partial charge < -0.3 is 19.5 Å². The first kappa shape index (κ1) is 27.1. The highest BCUT2D eigenvalue weighted by molar-refractivity contribution is 5.89. The summed E-state index contributed by atoms with van der Waals surface area (Å²) in [5.74, 6) is -1.31. The fourth-order valence-corrected chi connectivity index (χ4v) is 4.71. The maximum atomic E-state index is 16.7. The Bertz CT molecular complexity index is 1530. The minimum Gasteiger partial charge on any atom is -0.459 e. The summed E-state index contributed by atoms with van der Waals surface area (Å²) in [5.41, 5.74) is -2.40. The molecule has 0 amide bonds. The molecule has 208 valence electrons. The zero-order valence-electron chi connectivity index (χ0n) is 22.0. The average Bonchev–Trinajstić information content (AvgIpc) is 3.44. The molecular weight excluding hydrogens is 524 g/mol. The van der Waals surface area contributed by atoms with Crippen LogP contribution in [0.15, 0.2) is 67.3 Å². The van der Waals surface area contributed by atoms with Crippen LogP contribution in [0.1, 0.15) is 42.9 Å². The summed E-state index contributed by atoms with van der Waals surface area (Å²) in [5, 5.41) is 3.14. The topological polar surface area (TPSA) is 117 Å². The minimum absolute atomic E-state index is 0.262. The van der Waals surface area contributed by atoms with Crippen molar-refractivity contribution in [1.29, 1.82) is 0 Å². The third-order valence-corrected chi connectivity index (χ3v) is 7.06. The fourth-order valence-electron chi connectivity index (χ4n) is 4.71. The number of carbonyl (C=O) groups is 2. The molecular formula is C28H27F2N5O5. The number of anilines is 1. The summed E-state index contributed by atoms with van der Waals surface area (Å²) in [7, 11) is 0. The number of alkyl halides is 1. The van der Waals surface area contributed by atoms with E-state index in [1.807, 2.05) is 0 Å². The Kier molecular flexibility index (Phi) is 7.19. The van der Waals surface area contributed by atoms with Crippen molar-refractivity contribution in [2.75, 3.05) is 11.9 Å². The monoisotopic (exact) mass is 551 g/mol. The smallest absolute Gasteiger partial charge is 0.338 e. The summed E-state index contributed by atoms with van der Waals surface area (Å²) in [6, 6.07) is 14.3. The van der Waals surface area contributed by atoms with Crippen LogP contribution in [0.5, 0.6) is 0 Å². The van der Waals surface area contributed by atoms with Gasteiger partial charge in [-0.3, -0.25) is 9.36 Å². The van der Waals surface area contributed by atoms with E-state index in [1.165, 1.54) is 50.1 Å². The lowest BCUT2D eigenvalue weighted by Gasteiger charge is -2.36. The molecule has 1 fully saturated rings. The number of fused-ring (bicyclic) bond motifs is 1. The minimum atomic E-state index is -2.30. The van der Waals surface area contributed by atoms with Crippen molar-refractivity contribution in [3.63, 3.8) is 0 Å². The van der Waals surface area contributed by atoms with Crippen LogP contribution in [-0.2, 0) is 25.5 Å². The highest BCUT2D eigenvalue weighted by Crippen LogP contribution is 2.51. The largest absolute Gasteiger partial charge is 0.459 e. The van der Waals surface area contributed by atoms with Gasteiger partial charge in [0.05, 0.1) is 11.9 Å². The summed E-state index contributed by atoms with van der Waals surface area (Å²) < 4.78 is 48.3. The van der Waals surface area contributed by atoms with E-state index in [9.17, 15) is 14.0 Å². The van der Waals surface area contributed by atoms with Crippen molar-refractivity contribution >= 4 is 28.9 Å². The van der Waals surface area contributed by atoms with Crippen molar-refractivity contribution in [3.8, 4) is 0 Å². The molecule has 3 heterocycles. The number of imidazole rings is 1. The molecule has 4 atom stereocenters. The molecule has 0 saturated carbocycles. The second-order valence-electron chi connectivity index (χ2n) is 9.74. The zero-order chi connectivity index (χ0) is 28.5. The number of hydrogen-bond acceptors (Lipinski definition) is 9. The first-order chi connectivity index (χ1) is 19.1. The highest BCUT2D eigenvalue weighted by atomic mass is 19.1. The lowest BCUT2D eigenvalue weighted by molar-refractivity contribution is -0.175. The Morgan fingerprint density at radius 3 is 2.50 bits per heavy atom. The normalized spacial score (nSPS) is 24.1. The van der Waals surface area contributed by atoms with Gasteiger partial charge in [-0.1, -0.05) is 30.3 Å². The van der Waals surface area contributed by atoms with Crippen LogP contribution in [0.2, 0.25) is 0 Å². The average molecular weight is 552 g/mol. The Labute approximate surface area is 228 Å². The van der Waals surface area contributed by atoms with E-state index in [0.717, 1.165) is 5.56 Å². The number of ether oxygens (including phenoxy) is 3. The van der Waals surface area contributed by atoms with Crippen molar-refractivity contribution < 1.29 is 32.6 Å². The van der Waals surface area contributed by atoms with Gasteiger partial charge in [-0.15, -0.1) is 0 Å². The van der Waals surface area contributed by atoms with E-state index in [0.29, 0.717) is 23.4 Å². The first-order valence-corrected chi connectivity index (χ1v) is 12.5. The molecule has 10 nitrogen and oxygen atoms in total. The SMILES string of the molecule is CC(=O)O[C@@]1(C)[C@@H](COC(=O)c2ccccc2)O[C@H](n2cnc3c(NCc4ccc(F)cc4)ncnc32)[C@]1(C)F. The molecule has 0 radical (unpaired) electrons. The molecule has 0 spiro atoms. The Morgan fingerprint density at radius 2 is 1.80 bits per heavy atom. The predicted molar refractivity (Wildman–Crippen MR) is 139 cm³/mol. The summed E-state index contributed by atoms with van der Waals surface area (Å²) in [6.45, 7) is 3.78. The van der Waals surface area contributed by atoms with Gasteiger partial charge in [0.25, 0.3) is 0 Å². The fraction of sp³-hybridized carbons (Fsp3) is 0.321. The Hall–Kier alpha value is -4.45. The second-order valence-corrected chi connectivity index (χ2v) is 9.74. The van der Waals surface area contributed by atoms with Crippen molar-refractivity contribution in [1.82, 2.24) is 19.5 Å². The lowest BCUT2D eigenvalue weighted by atomic mass is 9.84. The van der Waals surface area contributed by atoms with Crippen LogP contribution in [0.25, 0.3) is 11.2 Å². The van der Waals surface area contributed by atoms with Crippen LogP contribution in [-0.4, -0.2) is 55.4 Å². The lowest BCUT2D eigenvalue weighted by Crippen LogP contribution is -2.55. The molecule has 0 unspecified atom stereocenters. The third kappa shape index (κ3) is 4.97. The summed E-state index contributed by atoms with van der Waals surface area (Å²) in [6.07, 6.45) is 0.154. The van der Waals surface area contributed by atoms with Crippen LogP contribution in [0.3, 0.4) is 0 Å². The van der Waals surface area contributed by atoms with E-state index in [2.05, 4.69) is 20.3 Å². The number of benzene rings is 2. The number of esters is 2. The molecule has 1 N–H and O–H groups in total. The van der Waals surface area contributed by atoms with E-state index < -0.39 is 35.5 Å². The number of aromatic nitrogens is 4. The predicted octanol–water partition coefficient (Wildman–Crippen LogP) is 4.38. The molecule has 4 aromatic rings. The molecule has 5 rings (SSSR count). The molecule has 1 aliphatic rings. The van der Waals surface area contributed by atoms with Gasteiger partial charge in [0.15, 0.2) is 34.5 Å². The Morgan fingerprint density at radius 1 is 1.07 bits per heavy atom. The Balaban J connectivity index is 1.42. The van der Waals surface area contributed by atoms with Crippen LogP contribution in [0, 0.1) is 5.82 Å². The molecule has 2 aromatic carbocycles. The molecule has 2 aromatic heterocycles. The molecule has 1 aliphatic heterocycles. The van der Waals surface area contributed by atoms with Crippen LogP contribution >= 0.6 is 0 Å². The van der Waals surface area contributed by atoms with E-state index >= 15 is 4.39 Å². The standard InChI is InChI=1S/C28H27F2N5O5/c1-17(36)40-28(3)21(14-38-25(37)19-7-5-4-6-8-19)39-26(27(28,2)30)35-16-34-22-23(32-15-33-24(22)35)31-13-18-9-11-20(29)12-10-18/h4-12,15-16,21,26H,13-14H2,1-3H3,(H,31,32,33)/t21-,26+,27+,28+/m1/s1. The molecule has 0 aliphatic carbocycles. The van der Waals surface area contributed by atoms with E-state index in [4.69, 9.17) is 14.2 Å². The van der Waals surface area contributed by atoms with Crippen molar-refractivity contribution in [3.05, 3.63) is 84.2 Å². The van der Waals surface area contributed by atoms with Gasteiger partial charge in [0, 0.05) is 13.5 Å². The summed E-state index contributed by atoms with van der Waals surface area (Å²) >= 11 is 0. The quantitative estimate of drug-likeness (QED) is 0.318.